The highest BCUT2D eigenvalue weighted by Gasteiger charge is 2.15. The van der Waals surface area contributed by atoms with Gasteiger partial charge in [-0.25, -0.2) is 4.79 Å². The van der Waals surface area contributed by atoms with E-state index >= 15 is 0 Å². The summed E-state index contributed by atoms with van der Waals surface area (Å²) >= 11 is 0. The molecule has 0 aliphatic rings. The van der Waals surface area contributed by atoms with Crippen LogP contribution in [0.3, 0.4) is 0 Å². The number of nitrogens with two attached hydrogens (primary N) is 1. The number of imide groups is 1. The highest BCUT2D eigenvalue weighted by Crippen LogP contribution is 2.06. The molecule has 0 aromatic carbocycles. The largest absolute Gasteiger partial charge is 0.463 e. The van der Waals surface area contributed by atoms with Gasteiger partial charge in [0, 0.05) is 6.04 Å². The molecule has 6 heteroatoms. The van der Waals surface area contributed by atoms with Crippen LogP contribution >= 0.6 is 0 Å². The first-order valence-corrected chi connectivity index (χ1v) is 5.96. The molecule has 0 fully saturated rings. The van der Waals surface area contributed by atoms with Crippen LogP contribution in [0.2, 0.25) is 0 Å². The van der Waals surface area contributed by atoms with Crippen LogP contribution in [-0.2, 0) is 4.79 Å². The lowest BCUT2D eigenvalue weighted by Crippen LogP contribution is -2.87. The van der Waals surface area contributed by atoms with E-state index in [-0.39, 0.29) is 24.5 Å². The number of carbonyl (C=O) groups excluding carboxylic acids is 2. The highest BCUT2D eigenvalue weighted by molar-refractivity contribution is 5.94. The van der Waals surface area contributed by atoms with Crippen molar-refractivity contribution in [2.45, 2.75) is 32.9 Å². The van der Waals surface area contributed by atoms with Gasteiger partial charge in [0.2, 0.25) is 0 Å². The number of rotatable bonds is 5. The van der Waals surface area contributed by atoms with Crippen molar-refractivity contribution >= 4 is 11.9 Å². The first kappa shape index (κ1) is 14.2. The Bertz CT molecular complexity index is 387. The third kappa shape index (κ3) is 5.01. The van der Waals surface area contributed by atoms with Crippen molar-refractivity contribution in [3.63, 3.8) is 0 Å². The number of nitrogens with one attached hydrogen (secondary N) is 2. The lowest BCUT2D eigenvalue weighted by molar-refractivity contribution is -0.684. The van der Waals surface area contributed by atoms with Gasteiger partial charge in [0.15, 0.2) is 12.3 Å². The number of quaternary nitrogens is 1. The SMILES string of the molecule is CC(C)NC(=O)NC(=O)C[NH2+][C@H](C)c1ccco1. The molecule has 1 rings (SSSR count). The molecule has 0 unspecified atom stereocenters. The van der Waals surface area contributed by atoms with Gasteiger partial charge >= 0.3 is 6.03 Å². The summed E-state index contributed by atoms with van der Waals surface area (Å²) in [4.78, 5) is 22.7. The topological polar surface area (TPSA) is 88.0 Å². The molecule has 0 radical (unpaired) electrons. The summed E-state index contributed by atoms with van der Waals surface area (Å²) in [5.74, 6) is 0.473. The molecule has 100 valence electrons. The average Bonchev–Trinajstić information content (AvgIpc) is 2.77. The van der Waals surface area contributed by atoms with Crippen LogP contribution < -0.4 is 16.0 Å². The van der Waals surface area contributed by atoms with Gasteiger partial charge in [0.05, 0.1) is 6.26 Å². The molecule has 0 spiro atoms. The van der Waals surface area contributed by atoms with Crippen LogP contribution in [0.25, 0.3) is 0 Å². The van der Waals surface area contributed by atoms with Gasteiger partial charge in [-0.05, 0) is 32.9 Å². The third-order valence-corrected chi connectivity index (χ3v) is 2.32. The summed E-state index contributed by atoms with van der Waals surface area (Å²) in [5, 5.41) is 6.65. The minimum absolute atomic E-state index is 0.00354. The Balaban J connectivity index is 2.27. The molecule has 1 atom stereocenters. The standard InChI is InChI=1S/C12H19N3O3/c1-8(2)14-12(17)15-11(16)7-13-9(3)10-5-4-6-18-10/h4-6,8-9,13H,7H2,1-3H3,(H2,14,15,16,17)/p+1/t9-/m1/s1. The molecule has 18 heavy (non-hydrogen) atoms. The molecule has 0 aliphatic carbocycles. The Morgan fingerprint density at radius 2 is 2.11 bits per heavy atom. The van der Waals surface area contributed by atoms with Gasteiger partial charge in [-0.2, -0.15) is 0 Å². The van der Waals surface area contributed by atoms with E-state index in [2.05, 4.69) is 10.6 Å². The first-order chi connectivity index (χ1) is 8.49. The normalized spacial score (nSPS) is 12.2. The molecule has 6 nitrogen and oxygen atoms in total. The van der Waals surface area contributed by atoms with Crippen LogP contribution in [0.15, 0.2) is 22.8 Å². The van der Waals surface area contributed by atoms with Gasteiger partial charge in [-0.3, -0.25) is 10.1 Å². The summed E-state index contributed by atoms with van der Waals surface area (Å²) in [5.41, 5.74) is 0. The lowest BCUT2D eigenvalue weighted by Gasteiger charge is -2.10. The van der Waals surface area contributed by atoms with Crippen LogP contribution in [0.5, 0.6) is 0 Å². The molecule has 3 amide bonds. The van der Waals surface area contributed by atoms with Crippen molar-refractivity contribution in [3.8, 4) is 0 Å². The zero-order valence-electron chi connectivity index (χ0n) is 10.9. The predicted octanol–water partition coefficient (Wildman–Crippen LogP) is 0.138. The van der Waals surface area contributed by atoms with Crippen molar-refractivity contribution in [1.82, 2.24) is 10.6 Å². The van der Waals surface area contributed by atoms with E-state index in [0.717, 1.165) is 5.76 Å². The quantitative estimate of drug-likeness (QED) is 0.698. The van der Waals surface area contributed by atoms with Crippen molar-refractivity contribution in [2.75, 3.05) is 6.54 Å². The Morgan fingerprint density at radius 1 is 1.39 bits per heavy atom. The summed E-state index contributed by atoms with van der Waals surface area (Å²) in [7, 11) is 0. The zero-order chi connectivity index (χ0) is 13.5. The number of carbonyl (C=O) groups is 2. The molecular formula is C12H20N3O3+. The maximum absolute atomic E-state index is 11.5. The second-order valence-corrected chi connectivity index (χ2v) is 4.42. The van der Waals surface area contributed by atoms with Crippen LogP contribution in [0, 0.1) is 0 Å². The number of amides is 3. The van der Waals surface area contributed by atoms with Crippen LogP contribution in [0.1, 0.15) is 32.6 Å². The molecule has 1 aromatic rings. The molecule has 4 N–H and O–H groups in total. The van der Waals surface area contributed by atoms with Crippen molar-refractivity contribution in [1.29, 1.82) is 0 Å². The van der Waals surface area contributed by atoms with Crippen molar-refractivity contribution < 1.29 is 19.3 Å². The zero-order valence-corrected chi connectivity index (χ0v) is 10.9. The number of hydrogen-bond acceptors (Lipinski definition) is 3. The fourth-order valence-corrected chi connectivity index (χ4v) is 1.43. The second kappa shape index (κ2) is 6.80. The molecule has 0 aliphatic heterocycles. The third-order valence-electron chi connectivity index (χ3n) is 2.32. The fourth-order valence-electron chi connectivity index (χ4n) is 1.43. The molecule has 0 saturated heterocycles. The van der Waals surface area contributed by atoms with Crippen molar-refractivity contribution in [3.05, 3.63) is 24.2 Å². The number of urea groups is 1. The maximum Gasteiger partial charge on any atom is 0.321 e. The summed E-state index contributed by atoms with van der Waals surface area (Å²) in [6, 6.07) is 3.23. The lowest BCUT2D eigenvalue weighted by atomic mass is 10.2. The Kier molecular flexibility index (Phi) is 5.38. The van der Waals surface area contributed by atoms with Gasteiger partial charge < -0.3 is 15.1 Å². The predicted molar refractivity (Wildman–Crippen MR) is 65.7 cm³/mol. The van der Waals surface area contributed by atoms with Crippen LogP contribution in [0.4, 0.5) is 4.79 Å². The van der Waals surface area contributed by atoms with E-state index in [1.165, 1.54) is 0 Å². The average molecular weight is 254 g/mol. The van der Waals surface area contributed by atoms with Gasteiger partial charge in [-0.15, -0.1) is 0 Å². The first-order valence-electron chi connectivity index (χ1n) is 5.96. The maximum atomic E-state index is 11.5. The van der Waals surface area contributed by atoms with E-state index in [9.17, 15) is 9.59 Å². The summed E-state index contributed by atoms with van der Waals surface area (Å²) in [6.07, 6.45) is 1.59. The summed E-state index contributed by atoms with van der Waals surface area (Å²) in [6.45, 7) is 5.76. The fraction of sp³-hybridized carbons (Fsp3) is 0.500. The minimum atomic E-state index is -0.464. The Hall–Kier alpha value is -1.82. The number of furan rings is 1. The van der Waals surface area contributed by atoms with E-state index in [1.807, 2.05) is 26.8 Å². The molecule has 0 saturated carbocycles. The van der Waals surface area contributed by atoms with E-state index in [1.54, 1.807) is 17.6 Å². The van der Waals surface area contributed by atoms with Crippen molar-refractivity contribution in [2.24, 2.45) is 0 Å². The molecule has 1 aromatic heterocycles. The Morgan fingerprint density at radius 3 is 2.67 bits per heavy atom. The van der Waals surface area contributed by atoms with E-state index in [4.69, 9.17) is 4.42 Å². The van der Waals surface area contributed by atoms with Gasteiger partial charge in [0.25, 0.3) is 5.91 Å². The number of hydrogen-bond donors (Lipinski definition) is 3. The summed E-state index contributed by atoms with van der Waals surface area (Å²) < 4.78 is 5.22. The molecule has 0 bridgehead atoms. The van der Waals surface area contributed by atoms with Crippen LogP contribution in [-0.4, -0.2) is 24.5 Å². The van der Waals surface area contributed by atoms with E-state index in [0.29, 0.717) is 0 Å². The van der Waals surface area contributed by atoms with E-state index < -0.39 is 6.03 Å². The monoisotopic (exact) mass is 254 g/mol. The van der Waals surface area contributed by atoms with Gasteiger partial charge in [0.1, 0.15) is 6.04 Å². The second-order valence-electron chi connectivity index (χ2n) is 4.42. The minimum Gasteiger partial charge on any atom is -0.463 e. The Labute approximate surface area is 106 Å². The highest BCUT2D eigenvalue weighted by atomic mass is 16.3. The smallest absolute Gasteiger partial charge is 0.321 e. The van der Waals surface area contributed by atoms with Gasteiger partial charge in [-0.1, -0.05) is 0 Å². The molecule has 1 heterocycles. The molecular weight excluding hydrogens is 234 g/mol.